The van der Waals surface area contributed by atoms with E-state index in [1.54, 1.807) is 11.0 Å². The Hall–Kier alpha value is -1.69. The lowest BCUT2D eigenvalue weighted by atomic mass is 9.91. The van der Waals surface area contributed by atoms with Gasteiger partial charge in [0.1, 0.15) is 12.1 Å². The number of aryl methyl sites for hydroxylation is 1. The van der Waals surface area contributed by atoms with Gasteiger partial charge in [-0.15, -0.1) is 0 Å². The van der Waals surface area contributed by atoms with Crippen LogP contribution in [0.4, 0.5) is 5.82 Å². The van der Waals surface area contributed by atoms with E-state index in [0.29, 0.717) is 12.1 Å². The molecule has 0 aliphatic heterocycles. The molecule has 0 unspecified atom stereocenters. The SMILES string of the molecule is CN(c1ncnc2c1cnn2C)C1CCC(N)CC1. The average Bonchev–Trinajstić information content (AvgIpc) is 2.81. The monoisotopic (exact) mass is 260 g/mol. The number of aromatic nitrogens is 4. The summed E-state index contributed by atoms with van der Waals surface area (Å²) in [5.41, 5.74) is 6.85. The van der Waals surface area contributed by atoms with E-state index in [1.807, 2.05) is 13.2 Å². The Bertz CT molecular complexity index is 570. The van der Waals surface area contributed by atoms with E-state index < -0.39 is 0 Å². The van der Waals surface area contributed by atoms with Crippen LogP contribution in [-0.4, -0.2) is 38.9 Å². The second-order valence-electron chi connectivity index (χ2n) is 5.38. The van der Waals surface area contributed by atoms with Gasteiger partial charge in [-0.1, -0.05) is 0 Å². The highest BCUT2D eigenvalue weighted by Crippen LogP contribution is 2.28. The summed E-state index contributed by atoms with van der Waals surface area (Å²) in [6.07, 6.45) is 7.90. The maximum atomic E-state index is 5.97. The van der Waals surface area contributed by atoms with Crippen LogP contribution in [0, 0.1) is 0 Å². The first-order valence-electron chi connectivity index (χ1n) is 6.78. The molecule has 2 aromatic heterocycles. The maximum Gasteiger partial charge on any atom is 0.163 e. The molecule has 0 amide bonds. The molecule has 0 atom stereocenters. The molecule has 6 heteroatoms. The molecule has 3 rings (SSSR count). The van der Waals surface area contributed by atoms with Gasteiger partial charge in [0.25, 0.3) is 0 Å². The first-order valence-corrected chi connectivity index (χ1v) is 6.78. The Kier molecular flexibility index (Phi) is 3.10. The highest BCUT2D eigenvalue weighted by Gasteiger charge is 2.24. The second kappa shape index (κ2) is 4.77. The Morgan fingerprint density at radius 2 is 2.00 bits per heavy atom. The lowest BCUT2D eigenvalue weighted by Gasteiger charge is -2.34. The van der Waals surface area contributed by atoms with Gasteiger partial charge in [0, 0.05) is 26.2 Å². The minimum absolute atomic E-state index is 0.369. The molecule has 2 N–H and O–H groups in total. The van der Waals surface area contributed by atoms with Gasteiger partial charge in [0.05, 0.1) is 11.6 Å². The fourth-order valence-corrected chi connectivity index (χ4v) is 2.89. The highest BCUT2D eigenvalue weighted by molar-refractivity contribution is 5.86. The van der Waals surface area contributed by atoms with Crippen LogP contribution in [0.3, 0.4) is 0 Å². The van der Waals surface area contributed by atoms with Crippen molar-refractivity contribution in [2.45, 2.75) is 37.8 Å². The van der Waals surface area contributed by atoms with E-state index in [0.717, 1.165) is 42.5 Å². The average molecular weight is 260 g/mol. The molecular formula is C13H20N6. The third kappa shape index (κ3) is 2.16. The van der Waals surface area contributed by atoms with E-state index in [4.69, 9.17) is 5.73 Å². The largest absolute Gasteiger partial charge is 0.356 e. The standard InChI is InChI=1S/C13H20N6/c1-18(10-5-3-9(14)4-6-10)12-11-7-17-19(2)13(11)16-8-15-12/h7-10H,3-6,14H2,1-2H3. The summed E-state index contributed by atoms with van der Waals surface area (Å²) in [6.45, 7) is 0. The van der Waals surface area contributed by atoms with Crippen molar-refractivity contribution in [3.8, 4) is 0 Å². The molecule has 2 heterocycles. The number of nitrogens with zero attached hydrogens (tertiary/aromatic N) is 5. The molecule has 0 saturated heterocycles. The van der Waals surface area contributed by atoms with Crippen molar-refractivity contribution in [3.05, 3.63) is 12.5 Å². The zero-order chi connectivity index (χ0) is 13.4. The van der Waals surface area contributed by atoms with E-state index >= 15 is 0 Å². The van der Waals surface area contributed by atoms with Gasteiger partial charge < -0.3 is 10.6 Å². The fraction of sp³-hybridized carbons (Fsp3) is 0.615. The predicted octanol–water partition coefficient (Wildman–Crippen LogP) is 1.07. The summed E-state index contributed by atoms with van der Waals surface area (Å²) < 4.78 is 1.78. The molecule has 0 aromatic carbocycles. The first kappa shape index (κ1) is 12.3. The van der Waals surface area contributed by atoms with E-state index in [-0.39, 0.29) is 0 Å². The summed E-state index contributed by atoms with van der Waals surface area (Å²) in [4.78, 5) is 11.0. The third-order valence-electron chi connectivity index (χ3n) is 4.13. The number of rotatable bonds is 2. The summed E-state index contributed by atoms with van der Waals surface area (Å²) in [5, 5.41) is 5.28. The highest BCUT2D eigenvalue weighted by atomic mass is 15.3. The predicted molar refractivity (Wildman–Crippen MR) is 74.9 cm³/mol. The lowest BCUT2D eigenvalue weighted by Crippen LogP contribution is -2.39. The molecule has 102 valence electrons. The van der Waals surface area contributed by atoms with Gasteiger partial charge in [-0.2, -0.15) is 5.10 Å². The summed E-state index contributed by atoms with van der Waals surface area (Å²) >= 11 is 0. The Labute approximate surface area is 112 Å². The van der Waals surface area contributed by atoms with Crippen molar-refractivity contribution in [1.82, 2.24) is 19.7 Å². The van der Waals surface area contributed by atoms with Crippen LogP contribution in [0.2, 0.25) is 0 Å². The second-order valence-corrected chi connectivity index (χ2v) is 5.38. The Morgan fingerprint density at radius 3 is 2.74 bits per heavy atom. The van der Waals surface area contributed by atoms with Crippen molar-refractivity contribution in [2.75, 3.05) is 11.9 Å². The van der Waals surface area contributed by atoms with Crippen LogP contribution in [0.25, 0.3) is 11.0 Å². The lowest BCUT2D eigenvalue weighted by molar-refractivity contribution is 0.384. The minimum atomic E-state index is 0.369. The van der Waals surface area contributed by atoms with Crippen molar-refractivity contribution in [2.24, 2.45) is 12.8 Å². The number of hydrogen-bond acceptors (Lipinski definition) is 5. The van der Waals surface area contributed by atoms with E-state index in [2.05, 4.69) is 27.0 Å². The van der Waals surface area contributed by atoms with Crippen molar-refractivity contribution < 1.29 is 0 Å². The molecule has 0 radical (unpaired) electrons. The molecule has 0 bridgehead atoms. The van der Waals surface area contributed by atoms with Crippen LogP contribution < -0.4 is 10.6 Å². The molecule has 0 spiro atoms. The smallest absolute Gasteiger partial charge is 0.163 e. The maximum absolute atomic E-state index is 5.97. The summed E-state index contributed by atoms with van der Waals surface area (Å²) in [5.74, 6) is 0.971. The number of nitrogens with two attached hydrogens (primary N) is 1. The minimum Gasteiger partial charge on any atom is -0.356 e. The van der Waals surface area contributed by atoms with Gasteiger partial charge in [-0.3, -0.25) is 4.68 Å². The summed E-state index contributed by atoms with van der Waals surface area (Å²) in [7, 11) is 4.01. The molecular weight excluding hydrogens is 240 g/mol. The Morgan fingerprint density at radius 1 is 1.26 bits per heavy atom. The van der Waals surface area contributed by atoms with Crippen LogP contribution in [0.15, 0.2) is 12.5 Å². The molecule has 2 aromatic rings. The van der Waals surface area contributed by atoms with Gasteiger partial charge >= 0.3 is 0 Å². The zero-order valence-electron chi connectivity index (χ0n) is 11.5. The van der Waals surface area contributed by atoms with Gasteiger partial charge in [-0.25, -0.2) is 9.97 Å². The van der Waals surface area contributed by atoms with E-state index in [9.17, 15) is 0 Å². The van der Waals surface area contributed by atoms with Crippen LogP contribution in [0.5, 0.6) is 0 Å². The van der Waals surface area contributed by atoms with Crippen LogP contribution in [-0.2, 0) is 7.05 Å². The fourth-order valence-electron chi connectivity index (χ4n) is 2.89. The van der Waals surface area contributed by atoms with E-state index in [1.165, 1.54) is 0 Å². The van der Waals surface area contributed by atoms with Crippen molar-refractivity contribution in [1.29, 1.82) is 0 Å². The summed E-state index contributed by atoms with van der Waals surface area (Å²) in [6, 6.07) is 0.881. The van der Waals surface area contributed by atoms with Crippen molar-refractivity contribution in [3.63, 3.8) is 0 Å². The number of anilines is 1. The molecule has 1 saturated carbocycles. The molecule has 1 aliphatic rings. The third-order valence-corrected chi connectivity index (χ3v) is 4.13. The first-order chi connectivity index (χ1) is 9.16. The van der Waals surface area contributed by atoms with Gasteiger partial charge in [-0.05, 0) is 25.7 Å². The van der Waals surface area contributed by atoms with Crippen LogP contribution >= 0.6 is 0 Å². The zero-order valence-corrected chi connectivity index (χ0v) is 11.5. The normalized spacial score (nSPS) is 23.7. The quantitative estimate of drug-likeness (QED) is 0.874. The topological polar surface area (TPSA) is 72.9 Å². The van der Waals surface area contributed by atoms with Gasteiger partial charge in [0.2, 0.25) is 0 Å². The number of fused-ring (bicyclic) bond motifs is 1. The molecule has 6 nitrogen and oxygen atoms in total. The number of hydrogen-bond donors (Lipinski definition) is 1. The molecule has 1 fully saturated rings. The van der Waals surface area contributed by atoms with Gasteiger partial charge in [0.15, 0.2) is 5.65 Å². The Balaban J connectivity index is 1.91. The van der Waals surface area contributed by atoms with Crippen LogP contribution in [0.1, 0.15) is 25.7 Å². The van der Waals surface area contributed by atoms with Crippen molar-refractivity contribution >= 4 is 16.9 Å². The molecule has 1 aliphatic carbocycles. The molecule has 19 heavy (non-hydrogen) atoms.